The number of aliphatic hydroxyl groups is 1. The first-order valence-corrected chi connectivity index (χ1v) is 46.9. The van der Waals surface area contributed by atoms with Gasteiger partial charge in [-0.15, -0.1) is 0 Å². The van der Waals surface area contributed by atoms with E-state index < -0.39 is 97.5 Å². The van der Waals surface area contributed by atoms with Gasteiger partial charge < -0.3 is 33.8 Å². The molecule has 105 heavy (non-hydrogen) atoms. The number of phosphoric ester groups is 2. The van der Waals surface area contributed by atoms with Crippen LogP contribution < -0.4 is 0 Å². The van der Waals surface area contributed by atoms with E-state index in [1.165, 1.54) is 250 Å². The summed E-state index contributed by atoms with van der Waals surface area (Å²) in [4.78, 5) is 73.2. The van der Waals surface area contributed by atoms with Crippen LogP contribution in [0.4, 0.5) is 0 Å². The number of phosphoric acid groups is 2. The number of allylic oxidation sites excluding steroid dienone is 4. The highest BCUT2D eigenvalue weighted by atomic mass is 31.2. The molecule has 17 nitrogen and oxygen atoms in total. The number of carbonyl (C=O) groups is 4. The highest BCUT2D eigenvalue weighted by Crippen LogP contribution is 2.45. The molecule has 0 aliphatic carbocycles. The van der Waals surface area contributed by atoms with Crippen LogP contribution in [0.1, 0.15) is 439 Å². The molecule has 19 heteroatoms. The van der Waals surface area contributed by atoms with Crippen LogP contribution >= 0.6 is 15.6 Å². The molecule has 0 rings (SSSR count). The predicted octanol–water partition coefficient (Wildman–Crippen LogP) is 25.9. The highest BCUT2D eigenvalue weighted by Gasteiger charge is 2.30. The lowest BCUT2D eigenvalue weighted by molar-refractivity contribution is -0.161. The molecule has 0 aromatic carbocycles. The van der Waals surface area contributed by atoms with Crippen molar-refractivity contribution in [2.75, 3.05) is 39.6 Å². The molecule has 3 N–H and O–H groups in total. The first-order chi connectivity index (χ1) is 51.0. The van der Waals surface area contributed by atoms with E-state index in [9.17, 15) is 43.2 Å². The van der Waals surface area contributed by atoms with Gasteiger partial charge in [0.1, 0.15) is 19.3 Å². The zero-order valence-electron chi connectivity index (χ0n) is 68.4. The topological polar surface area (TPSA) is 237 Å². The van der Waals surface area contributed by atoms with Crippen molar-refractivity contribution < 1.29 is 80.2 Å². The Kier molecular flexibility index (Phi) is 76.4. The predicted molar refractivity (Wildman–Crippen MR) is 432 cm³/mol. The van der Waals surface area contributed by atoms with Crippen molar-refractivity contribution >= 4 is 39.5 Å². The number of aliphatic hydroxyl groups excluding tert-OH is 1. The van der Waals surface area contributed by atoms with E-state index in [2.05, 4.69) is 58.9 Å². The van der Waals surface area contributed by atoms with Crippen molar-refractivity contribution in [1.82, 2.24) is 0 Å². The van der Waals surface area contributed by atoms with Gasteiger partial charge in [0.2, 0.25) is 0 Å². The summed E-state index contributed by atoms with van der Waals surface area (Å²) in [7, 11) is -9.94. The minimum atomic E-state index is -4.97. The largest absolute Gasteiger partial charge is 0.472 e. The number of rotatable bonds is 84. The maximum absolute atomic E-state index is 13.1. The van der Waals surface area contributed by atoms with E-state index >= 15 is 0 Å². The summed E-state index contributed by atoms with van der Waals surface area (Å²) in [6, 6.07) is 0. The smallest absolute Gasteiger partial charge is 0.462 e. The Bertz CT molecular complexity index is 2090. The molecule has 2 unspecified atom stereocenters. The Morgan fingerprint density at radius 1 is 0.295 bits per heavy atom. The van der Waals surface area contributed by atoms with Crippen LogP contribution in [0.25, 0.3) is 0 Å². The van der Waals surface area contributed by atoms with Crippen molar-refractivity contribution in [1.29, 1.82) is 0 Å². The van der Waals surface area contributed by atoms with E-state index in [0.717, 1.165) is 109 Å². The van der Waals surface area contributed by atoms with Crippen LogP contribution in [0.2, 0.25) is 0 Å². The fourth-order valence-electron chi connectivity index (χ4n) is 12.9. The molecule has 0 heterocycles. The second-order valence-corrected chi connectivity index (χ2v) is 33.6. The Labute approximate surface area is 643 Å². The molecule has 0 amide bonds. The molecule has 0 radical (unpaired) electrons. The average Bonchev–Trinajstić information content (AvgIpc) is 0.914. The quantitative estimate of drug-likeness (QED) is 0.0169. The van der Waals surface area contributed by atoms with E-state index in [4.69, 9.17) is 37.0 Å². The summed E-state index contributed by atoms with van der Waals surface area (Å²) in [6.45, 7) is 7.27. The van der Waals surface area contributed by atoms with Crippen LogP contribution in [0, 0.1) is 5.92 Å². The van der Waals surface area contributed by atoms with Gasteiger partial charge in [-0.25, -0.2) is 9.13 Å². The number of carbonyl (C=O) groups excluding carboxylic acids is 4. The van der Waals surface area contributed by atoms with Crippen molar-refractivity contribution in [3.8, 4) is 0 Å². The minimum Gasteiger partial charge on any atom is -0.462 e. The molecule has 0 aromatic rings. The normalized spacial score (nSPS) is 13.9. The van der Waals surface area contributed by atoms with E-state index in [0.29, 0.717) is 25.7 Å². The summed E-state index contributed by atoms with van der Waals surface area (Å²) in [5.41, 5.74) is 0. The fraction of sp³-hybridized carbons (Fsp3) is 0.907. The van der Waals surface area contributed by atoms with Gasteiger partial charge in [0.15, 0.2) is 12.2 Å². The van der Waals surface area contributed by atoms with Crippen molar-refractivity contribution in [2.45, 2.75) is 457 Å². The van der Waals surface area contributed by atoms with Crippen molar-refractivity contribution in [3.63, 3.8) is 0 Å². The summed E-state index contributed by atoms with van der Waals surface area (Å²) >= 11 is 0. The average molecular weight is 1530 g/mol. The number of hydrogen-bond donors (Lipinski definition) is 3. The fourth-order valence-corrected chi connectivity index (χ4v) is 14.5. The maximum Gasteiger partial charge on any atom is 0.472 e. The number of unbranched alkanes of at least 4 members (excludes halogenated alkanes) is 53. The number of esters is 4. The summed E-state index contributed by atoms with van der Waals surface area (Å²) in [6.07, 6.45) is 74.4. The lowest BCUT2D eigenvalue weighted by Gasteiger charge is -2.21. The number of hydrogen-bond acceptors (Lipinski definition) is 15. The van der Waals surface area contributed by atoms with Crippen LogP contribution in [-0.4, -0.2) is 96.7 Å². The molecule has 0 fully saturated rings. The maximum atomic E-state index is 13.1. The first-order valence-electron chi connectivity index (χ1n) is 44.0. The molecule has 0 saturated heterocycles. The lowest BCUT2D eigenvalue weighted by atomic mass is 10.0. The van der Waals surface area contributed by atoms with Gasteiger partial charge in [-0.3, -0.25) is 37.3 Å². The number of ether oxygens (including phenoxy) is 4. The summed E-state index contributed by atoms with van der Waals surface area (Å²) in [5, 5.41) is 10.7. The van der Waals surface area contributed by atoms with Gasteiger partial charge >= 0.3 is 39.5 Å². The van der Waals surface area contributed by atoms with Crippen molar-refractivity contribution in [2.24, 2.45) is 5.92 Å². The zero-order valence-corrected chi connectivity index (χ0v) is 70.1. The second-order valence-electron chi connectivity index (χ2n) is 30.7. The molecule has 0 aromatic heterocycles. The minimum absolute atomic E-state index is 0.0852. The third-order valence-electron chi connectivity index (χ3n) is 19.7. The highest BCUT2D eigenvalue weighted by molar-refractivity contribution is 7.47. The second kappa shape index (κ2) is 78.2. The van der Waals surface area contributed by atoms with Crippen LogP contribution in [0.5, 0.6) is 0 Å². The molecular formula is C86H164O17P2. The van der Waals surface area contributed by atoms with E-state index in [1.807, 2.05) is 0 Å². The van der Waals surface area contributed by atoms with Gasteiger partial charge in [0.05, 0.1) is 26.4 Å². The Morgan fingerprint density at radius 3 is 0.781 bits per heavy atom. The van der Waals surface area contributed by atoms with Gasteiger partial charge in [-0.05, 0) is 57.3 Å². The molecule has 0 saturated carbocycles. The van der Waals surface area contributed by atoms with E-state index in [-0.39, 0.29) is 25.7 Å². The van der Waals surface area contributed by atoms with Crippen LogP contribution in [0.15, 0.2) is 24.3 Å². The third-order valence-corrected chi connectivity index (χ3v) is 21.6. The molecule has 0 aliphatic heterocycles. The molecule has 5 atom stereocenters. The van der Waals surface area contributed by atoms with Gasteiger partial charge in [-0.2, -0.15) is 0 Å². The van der Waals surface area contributed by atoms with Crippen molar-refractivity contribution in [3.05, 3.63) is 24.3 Å². The Morgan fingerprint density at radius 2 is 0.514 bits per heavy atom. The summed E-state index contributed by atoms with van der Waals surface area (Å²) < 4.78 is 68.9. The standard InChI is InChI=1S/C86H164O17P2/c1-6-9-12-15-18-21-24-27-30-32-34-36-39-41-44-49-54-59-64-69-83(88)96-75-81(102-86(91)72-67-62-57-51-46-43-40-37-35-33-31-28-25-22-19-16-13-10-7-2)77-100-104(92,93)98-73-80(87)74-99-105(94,95)101-78-82(76-97-84(89)70-65-60-55-52-47-48-53-58-63-68-79(4)5)103-85(90)71-66-61-56-50-45-42-38-29-26-23-20-17-14-11-8-3/h23,26,29,38,79-82,87H,6-22,24-25,27-28,30-37,39-78H2,1-5H3,(H,92,93)(H,94,95)/b26-23-,38-29-/t80-,81-,82-/m1/s1. The summed E-state index contributed by atoms with van der Waals surface area (Å²) in [5.74, 6) is -1.39. The molecular weight excluding hydrogens is 1370 g/mol. The third kappa shape index (κ3) is 79.4. The molecule has 0 bridgehead atoms. The lowest BCUT2D eigenvalue weighted by Crippen LogP contribution is -2.30. The van der Waals surface area contributed by atoms with Gasteiger partial charge in [0, 0.05) is 25.7 Å². The zero-order chi connectivity index (χ0) is 76.9. The van der Waals surface area contributed by atoms with Gasteiger partial charge in [0.25, 0.3) is 0 Å². The molecule has 0 aliphatic rings. The SMILES string of the molecule is CCCCCC/C=C\C=C/CCCCCCCC(=O)O[C@H](COC(=O)CCCCCCCCCCCC(C)C)COP(=O)(O)OC[C@H](O)COP(=O)(O)OC[C@@H](COC(=O)CCCCCCCCCCCCCCCCCCCCC)OC(=O)CCCCCCCCCCCCCCCCCCCCC. The Balaban J connectivity index is 5.28. The Hall–Kier alpha value is -2.46. The van der Waals surface area contributed by atoms with E-state index in [1.54, 1.807) is 0 Å². The first kappa shape index (κ1) is 103. The van der Waals surface area contributed by atoms with Gasteiger partial charge in [-0.1, -0.05) is 386 Å². The molecule has 620 valence electrons. The molecule has 0 spiro atoms. The van der Waals surface area contributed by atoms with Crippen LogP contribution in [0.3, 0.4) is 0 Å². The van der Waals surface area contributed by atoms with Crippen LogP contribution in [-0.2, 0) is 65.4 Å². The monoisotopic (exact) mass is 1530 g/mol.